The van der Waals surface area contributed by atoms with E-state index in [0.717, 1.165) is 42.7 Å². The third kappa shape index (κ3) is 4.87. The van der Waals surface area contributed by atoms with Gasteiger partial charge in [-0.2, -0.15) is 0 Å². The molecule has 1 amide bonds. The number of amides is 1. The zero-order valence-electron chi connectivity index (χ0n) is 13.3. The van der Waals surface area contributed by atoms with E-state index in [9.17, 15) is 4.79 Å². The summed E-state index contributed by atoms with van der Waals surface area (Å²) < 4.78 is 0. The van der Waals surface area contributed by atoms with Gasteiger partial charge in [0, 0.05) is 31.4 Å². The van der Waals surface area contributed by atoms with E-state index in [2.05, 4.69) is 19.2 Å². The Hall–Kier alpha value is -1.51. The largest absolute Gasteiger partial charge is 0.385 e. The maximum atomic E-state index is 12.3. The Morgan fingerprint density at radius 3 is 2.55 bits per heavy atom. The normalized spacial score (nSPS) is 10.4. The highest BCUT2D eigenvalue weighted by molar-refractivity contribution is 5.94. The molecule has 0 atom stereocenters. The molecular weight excluding hydrogens is 248 g/mol. The first-order chi connectivity index (χ1) is 9.60. The van der Waals surface area contributed by atoms with Gasteiger partial charge in [-0.3, -0.25) is 4.79 Å². The standard InChI is InChI=1S/C17H28N2O/c1-5-7-8-12-19(4)17(20)15-9-10-16(14(3)13-15)18-11-6-2/h9-10,13,18H,5-8,11-12H2,1-4H3. The van der Waals surface area contributed by atoms with Crippen molar-refractivity contribution in [3.05, 3.63) is 29.3 Å². The van der Waals surface area contributed by atoms with E-state index < -0.39 is 0 Å². The first kappa shape index (κ1) is 16.5. The van der Waals surface area contributed by atoms with Crippen LogP contribution in [0, 0.1) is 6.92 Å². The Morgan fingerprint density at radius 1 is 1.20 bits per heavy atom. The van der Waals surface area contributed by atoms with Crippen molar-refractivity contribution in [3.8, 4) is 0 Å². The number of aryl methyl sites for hydroxylation is 1. The molecule has 0 spiro atoms. The van der Waals surface area contributed by atoms with Crippen LogP contribution in [-0.2, 0) is 0 Å². The second-order valence-corrected chi connectivity index (χ2v) is 5.39. The Morgan fingerprint density at radius 2 is 1.95 bits per heavy atom. The van der Waals surface area contributed by atoms with Gasteiger partial charge in [-0.1, -0.05) is 26.7 Å². The molecule has 0 aliphatic heterocycles. The second kappa shape index (κ2) is 8.62. The number of hydrogen-bond donors (Lipinski definition) is 1. The molecule has 0 aliphatic rings. The molecule has 1 N–H and O–H groups in total. The first-order valence-corrected chi connectivity index (χ1v) is 7.70. The van der Waals surface area contributed by atoms with Crippen LogP contribution < -0.4 is 5.32 Å². The minimum Gasteiger partial charge on any atom is -0.385 e. The Balaban J connectivity index is 2.66. The van der Waals surface area contributed by atoms with Crippen LogP contribution in [0.25, 0.3) is 0 Å². The lowest BCUT2D eigenvalue weighted by Gasteiger charge is -2.18. The third-order valence-corrected chi connectivity index (χ3v) is 3.48. The fraction of sp³-hybridized carbons (Fsp3) is 0.588. The van der Waals surface area contributed by atoms with Gasteiger partial charge in [-0.05, 0) is 43.5 Å². The summed E-state index contributed by atoms with van der Waals surface area (Å²) in [7, 11) is 1.89. The molecule has 1 aromatic carbocycles. The molecule has 3 heteroatoms. The Labute approximate surface area is 123 Å². The molecule has 1 aromatic rings. The van der Waals surface area contributed by atoms with E-state index in [4.69, 9.17) is 0 Å². The molecule has 0 saturated carbocycles. The Kier molecular flexibility index (Phi) is 7.13. The average Bonchev–Trinajstić information content (AvgIpc) is 2.45. The van der Waals surface area contributed by atoms with Crippen molar-refractivity contribution in [2.45, 2.75) is 46.5 Å². The Bertz CT molecular complexity index is 429. The molecule has 20 heavy (non-hydrogen) atoms. The van der Waals surface area contributed by atoms with Crippen LogP contribution >= 0.6 is 0 Å². The van der Waals surface area contributed by atoms with E-state index in [1.807, 2.05) is 37.1 Å². The SMILES string of the molecule is CCCCCN(C)C(=O)c1ccc(NCCC)c(C)c1. The molecule has 0 bridgehead atoms. The summed E-state index contributed by atoms with van der Waals surface area (Å²) in [5, 5.41) is 3.37. The van der Waals surface area contributed by atoms with Gasteiger partial charge >= 0.3 is 0 Å². The quantitative estimate of drug-likeness (QED) is 0.726. The van der Waals surface area contributed by atoms with E-state index in [1.165, 1.54) is 12.8 Å². The van der Waals surface area contributed by atoms with Crippen LogP contribution in [0.4, 0.5) is 5.69 Å². The van der Waals surface area contributed by atoms with Crippen LogP contribution in [-0.4, -0.2) is 30.9 Å². The van der Waals surface area contributed by atoms with Gasteiger partial charge in [0.15, 0.2) is 0 Å². The third-order valence-electron chi connectivity index (χ3n) is 3.48. The fourth-order valence-electron chi connectivity index (χ4n) is 2.18. The van der Waals surface area contributed by atoms with Crippen LogP contribution in [0.1, 0.15) is 55.5 Å². The van der Waals surface area contributed by atoms with E-state index in [1.54, 1.807) is 0 Å². The summed E-state index contributed by atoms with van der Waals surface area (Å²) in [5.74, 6) is 0.117. The molecule has 0 aliphatic carbocycles. The van der Waals surface area contributed by atoms with Gasteiger partial charge < -0.3 is 10.2 Å². The number of nitrogens with one attached hydrogen (secondary N) is 1. The molecule has 0 radical (unpaired) electrons. The minimum atomic E-state index is 0.117. The fourth-order valence-corrected chi connectivity index (χ4v) is 2.18. The number of benzene rings is 1. The van der Waals surface area contributed by atoms with Crippen molar-refractivity contribution in [3.63, 3.8) is 0 Å². The van der Waals surface area contributed by atoms with Crippen molar-refractivity contribution in [1.82, 2.24) is 4.90 Å². The monoisotopic (exact) mass is 276 g/mol. The molecular formula is C17H28N2O. The van der Waals surface area contributed by atoms with Gasteiger partial charge in [0.2, 0.25) is 0 Å². The van der Waals surface area contributed by atoms with Crippen LogP contribution in [0.15, 0.2) is 18.2 Å². The zero-order chi connectivity index (χ0) is 15.0. The maximum Gasteiger partial charge on any atom is 0.253 e. The van der Waals surface area contributed by atoms with Gasteiger partial charge in [0.1, 0.15) is 0 Å². The van der Waals surface area contributed by atoms with Gasteiger partial charge in [-0.15, -0.1) is 0 Å². The van der Waals surface area contributed by atoms with Crippen LogP contribution in [0.5, 0.6) is 0 Å². The van der Waals surface area contributed by atoms with Crippen LogP contribution in [0.2, 0.25) is 0 Å². The summed E-state index contributed by atoms with van der Waals surface area (Å²) >= 11 is 0. The number of carbonyl (C=O) groups is 1. The smallest absolute Gasteiger partial charge is 0.253 e. The molecule has 0 saturated heterocycles. The van der Waals surface area contributed by atoms with Crippen molar-refractivity contribution < 1.29 is 4.79 Å². The summed E-state index contributed by atoms with van der Waals surface area (Å²) in [6.45, 7) is 8.16. The summed E-state index contributed by atoms with van der Waals surface area (Å²) in [6.07, 6.45) is 4.53. The summed E-state index contributed by atoms with van der Waals surface area (Å²) in [5.41, 5.74) is 3.03. The first-order valence-electron chi connectivity index (χ1n) is 7.70. The van der Waals surface area contributed by atoms with Crippen LogP contribution in [0.3, 0.4) is 0 Å². The van der Waals surface area contributed by atoms with Gasteiger partial charge in [0.25, 0.3) is 5.91 Å². The zero-order valence-corrected chi connectivity index (χ0v) is 13.3. The number of hydrogen-bond acceptors (Lipinski definition) is 2. The molecule has 0 fully saturated rings. The summed E-state index contributed by atoms with van der Waals surface area (Å²) in [6, 6.07) is 5.92. The van der Waals surface area contributed by atoms with Crippen molar-refractivity contribution in [2.24, 2.45) is 0 Å². The number of carbonyl (C=O) groups excluding carboxylic acids is 1. The lowest BCUT2D eigenvalue weighted by molar-refractivity contribution is 0.0792. The number of nitrogens with zero attached hydrogens (tertiary/aromatic N) is 1. The maximum absolute atomic E-state index is 12.3. The predicted octanol–water partition coefficient (Wildman–Crippen LogP) is 4.08. The molecule has 0 aromatic heterocycles. The van der Waals surface area contributed by atoms with Gasteiger partial charge in [-0.25, -0.2) is 0 Å². The van der Waals surface area contributed by atoms with E-state index >= 15 is 0 Å². The number of unbranched alkanes of at least 4 members (excludes halogenated alkanes) is 2. The van der Waals surface area contributed by atoms with Crippen molar-refractivity contribution >= 4 is 11.6 Å². The van der Waals surface area contributed by atoms with E-state index in [-0.39, 0.29) is 5.91 Å². The van der Waals surface area contributed by atoms with Crippen molar-refractivity contribution in [2.75, 3.05) is 25.5 Å². The molecule has 1 rings (SSSR count). The highest BCUT2D eigenvalue weighted by Gasteiger charge is 2.12. The lowest BCUT2D eigenvalue weighted by atomic mass is 10.1. The number of anilines is 1. The molecule has 0 heterocycles. The number of rotatable bonds is 8. The minimum absolute atomic E-state index is 0.117. The topological polar surface area (TPSA) is 32.3 Å². The molecule has 112 valence electrons. The average molecular weight is 276 g/mol. The lowest BCUT2D eigenvalue weighted by Crippen LogP contribution is -2.27. The van der Waals surface area contributed by atoms with Crippen molar-refractivity contribution in [1.29, 1.82) is 0 Å². The van der Waals surface area contributed by atoms with Gasteiger partial charge in [0.05, 0.1) is 0 Å². The van der Waals surface area contributed by atoms with E-state index in [0.29, 0.717) is 0 Å². The molecule has 3 nitrogen and oxygen atoms in total. The highest BCUT2D eigenvalue weighted by Crippen LogP contribution is 2.17. The highest BCUT2D eigenvalue weighted by atomic mass is 16.2. The predicted molar refractivity (Wildman–Crippen MR) is 86.4 cm³/mol. The second-order valence-electron chi connectivity index (χ2n) is 5.39. The molecule has 0 unspecified atom stereocenters. The summed E-state index contributed by atoms with van der Waals surface area (Å²) in [4.78, 5) is 14.1.